The van der Waals surface area contributed by atoms with Crippen LogP contribution in [0, 0.1) is 0 Å². The van der Waals surface area contributed by atoms with Crippen molar-refractivity contribution < 1.29 is 0 Å². The third kappa shape index (κ3) is 2.13. The summed E-state index contributed by atoms with van der Waals surface area (Å²) in [5, 5.41) is 2.97. The predicted octanol–water partition coefficient (Wildman–Crippen LogP) is 1.18. The van der Waals surface area contributed by atoms with Gasteiger partial charge >= 0.3 is 0 Å². The van der Waals surface area contributed by atoms with Gasteiger partial charge in [-0.25, -0.2) is 0 Å². The number of alkyl halides is 2. The Kier molecular flexibility index (Phi) is 2.86. The third-order valence-corrected chi connectivity index (χ3v) is 2.30. The van der Waals surface area contributed by atoms with Crippen molar-refractivity contribution in [3.63, 3.8) is 0 Å². The maximum absolute atomic E-state index is 5.71. The minimum atomic E-state index is -0.137. The number of hydrogen-bond acceptors (Lipinski definition) is 2. The summed E-state index contributed by atoms with van der Waals surface area (Å²) < 4.78 is 1.50. The van der Waals surface area contributed by atoms with Crippen molar-refractivity contribution in [2.45, 2.75) is 11.0 Å². The molecule has 0 amide bonds. The van der Waals surface area contributed by atoms with Gasteiger partial charge in [-0.2, -0.15) is 4.42 Å². The van der Waals surface area contributed by atoms with Crippen LogP contribution >= 0.6 is 35.0 Å². The Hall–Kier alpha value is 0.790. The van der Waals surface area contributed by atoms with E-state index in [9.17, 15) is 0 Å². The Balaban J connectivity index is 2.35. The Bertz CT molecular complexity index is 99.8. The summed E-state index contributed by atoms with van der Waals surface area (Å²) in [5.74, 6) is 0. The minimum Gasteiger partial charge on any atom is -0.297 e. The van der Waals surface area contributed by atoms with Crippen LogP contribution in [0.15, 0.2) is 0 Å². The largest absolute Gasteiger partial charge is 0.297 e. The summed E-state index contributed by atoms with van der Waals surface area (Å²) in [6.45, 7) is 1.22. The lowest BCUT2D eigenvalue weighted by Crippen LogP contribution is -2.48. The van der Waals surface area contributed by atoms with Crippen molar-refractivity contribution in [2.24, 2.45) is 0 Å². The van der Waals surface area contributed by atoms with Gasteiger partial charge in [0, 0.05) is 13.1 Å². The maximum atomic E-state index is 5.71. The van der Waals surface area contributed by atoms with E-state index in [2.05, 4.69) is 5.32 Å². The van der Waals surface area contributed by atoms with E-state index in [1.165, 1.54) is 4.42 Å². The van der Waals surface area contributed by atoms with Crippen LogP contribution in [-0.2, 0) is 0 Å². The highest BCUT2D eigenvalue weighted by Gasteiger charge is 2.22. The van der Waals surface area contributed by atoms with Crippen LogP contribution < -0.4 is 5.32 Å². The van der Waals surface area contributed by atoms with E-state index in [0.717, 1.165) is 0 Å². The van der Waals surface area contributed by atoms with Gasteiger partial charge in [0.1, 0.15) is 5.50 Å². The number of piperazine rings is 1. The molecule has 1 aliphatic rings. The average molecular weight is 189 g/mol. The summed E-state index contributed by atoms with van der Waals surface area (Å²) in [7, 11) is 0. The Morgan fingerprint density at radius 2 is 2.11 bits per heavy atom. The van der Waals surface area contributed by atoms with Crippen LogP contribution in [0.3, 0.4) is 0 Å². The SMILES string of the molecule is ClC1CN(Cl)C(Cl)CN1. The highest BCUT2D eigenvalue weighted by atomic mass is 35.5. The molecule has 0 spiro atoms. The molecule has 54 valence electrons. The fraction of sp³-hybridized carbons (Fsp3) is 1.00. The van der Waals surface area contributed by atoms with Gasteiger partial charge in [0.2, 0.25) is 0 Å². The van der Waals surface area contributed by atoms with Gasteiger partial charge in [-0.1, -0.05) is 0 Å². The molecule has 2 nitrogen and oxygen atoms in total. The molecule has 1 N–H and O–H groups in total. The molecule has 5 heteroatoms. The Morgan fingerprint density at radius 3 is 2.56 bits per heavy atom. The third-order valence-electron chi connectivity index (χ3n) is 1.15. The predicted molar refractivity (Wildman–Crippen MR) is 39.8 cm³/mol. The first kappa shape index (κ1) is 7.89. The highest BCUT2D eigenvalue weighted by molar-refractivity contribution is 6.26. The number of rotatable bonds is 0. The summed E-state index contributed by atoms with van der Waals surface area (Å²) >= 11 is 17.0. The van der Waals surface area contributed by atoms with Crippen LogP contribution in [-0.4, -0.2) is 28.5 Å². The standard InChI is InChI=1S/C4H7Cl3N2/c5-3-2-9(7)4(6)1-8-3/h3-4,8H,1-2H2. The molecular formula is C4H7Cl3N2. The Labute approximate surface area is 69.2 Å². The number of nitrogens with one attached hydrogen (secondary N) is 1. The topological polar surface area (TPSA) is 15.3 Å². The van der Waals surface area contributed by atoms with Crippen molar-refractivity contribution >= 4 is 35.0 Å². The van der Waals surface area contributed by atoms with Crippen LogP contribution in [0.1, 0.15) is 0 Å². The van der Waals surface area contributed by atoms with E-state index in [1.807, 2.05) is 0 Å². The second-order valence-electron chi connectivity index (χ2n) is 1.89. The van der Waals surface area contributed by atoms with E-state index in [0.29, 0.717) is 13.1 Å². The normalized spacial score (nSPS) is 39.0. The van der Waals surface area contributed by atoms with Crippen molar-refractivity contribution in [3.05, 3.63) is 0 Å². The molecule has 1 rings (SSSR count). The summed E-state index contributed by atoms with van der Waals surface area (Å²) in [6, 6.07) is 0. The van der Waals surface area contributed by atoms with Gasteiger partial charge in [0.25, 0.3) is 0 Å². The molecule has 0 aromatic heterocycles. The lowest BCUT2D eigenvalue weighted by atomic mass is 10.4. The average Bonchev–Trinajstić information content (AvgIpc) is 1.80. The van der Waals surface area contributed by atoms with Crippen molar-refractivity contribution in [3.8, 4) is 0 Å². The van der Waals surface area contributed by atoms with Crippen molar-refractivity contribution in [2.75, 3.05) is 13.1 Å². The molecule has 2 atom stereocenters. The molecule has 9 heavy (non-hydrogen) atoms. The van der Waals surface area contributed by atoms with Crippen molar-refractivity contribution in [1.82, 2.24) is 9.74 Å². The van der Waals surface area contributed by atoms with Crippen LogP contribution in [0.25, 0.3) is 0 Å². The van der Waals surface area contributed by atoms with Gasteiger partial charge in [0.15, 0.2) is 0 Å². The second kappa shape index (κ2) is 3.26. The number of halogens is 3. The quantitative estimate of drug-likeness (QED) is 0.350. The van der Waals surface area contributed by atoms with Crippen molar-refractivity contribution in [1.29, 1.82) is 0 Å². The molecule has 1 aliphatic heterocycles. The van der Waals surface area contributed by atoms with Gasteiger partial charge in [-0.15, -0.1) is 23.2 Å². The van der Waals surface area contributed by atoms with E-state index >= 15 is 0 Å². The number of hydrogen-bond donors (Lipinski definition) is 1. The Morgan fingerprint density at radius 1 is 1.44 bits per heavy atom. The van der Waals surface area contributed by atoms with E-state index in [-0.39, 0.29) is 11.0 Å². The molecule has 0 saturated carbocycles. The first-order chi connectivity index (χ1) is 4.20. The lowest BCUT2D eigenvalue weighted by Gasteiger charge is -2.28. The van der Waals surface area contributed by atoms with E-state index in [1.54, 1.807) is 0 Å². The first-order valence-corrected chi connectivity index (χ1v) is 3.85. The molecule has 0 aromatic carbocycles. The molecule has 0 radical (unpaired) electrons. The molecular weight excluding hydrogens is 182 g/mol. The highest BCUT2D eigenvalue weighted by Crippen LogP contribution is 2.14. The van der Waals surface area contributed by atoms with E-state index < -0.39 is 0 Å². The second-order valence-corrected chi connectivity index (χ2v) is 3.36. The van der Waals surface area contributed by atoms with Crippen LogP contribution in [0.4, 0.5) is 0 Å². The fourth-order valence-electron chi connectivity index (χ4n) is 0.656. The summed E-state index contributed by atoms with van der Waals surface area (Å²) in [4.78, 5) is 0. The zero-order valence-electron chi connectivity index (χ0n) is 4.65. The fourth-order valence-corrected chi connectivity index (χ4v) is 1.34. The lowest BCUT2D eigenvalue weighted by molar-refractivity contribution is 0.331. The van der Waals surface area contributed by atoms with Gasteiger partial charge in [-0.3, -0.25) is 5.32 Å². The summed E-state index contributed by atoms with van der Waals surface area (Å²) in [6.07, 6.45) is 0. The zero-order chi connectivity index (χ0) is 6.85. The molecule has 1 saturated heterocycles. The van der Waals surface area contributed by atoms with Gasteiger partial charge in [-0.05, 0) is 11.8 Å². The molecule has 1 heterocycles. The molecule has 1 fully saturated rings. The minimum absolute atomic E-state index is 0.0718. The monoisotopic (exact) mass is 188 g/mol. The van der Waals surface area contributed by atoms with Crippen LogP contribution in [0.5, 0.6) is 0 Å². The molecule has 2 unspecified atom stereocenters. The number of nitrogens with zero attached hydrogens (tertiary/aromatic N) is 1. The van der Waals surface area contributed by atoms with Crippen LogP contribution in [0.2, 0.25) is 0 Å². The molecule has 0 aromatic rings. The molecule has 0 aliphatic carbocycles. The zero-order valence-corrected chi connectivity index (χ0v) is 6.92. The smallest absolute Gasteiger partial charge is 0.111 e. The van der Waals surface area contributed by atoms with E-state index in [4.69, 9.17) is 35.0 Å². The maximum Gasteiger partial charge on any atom is 0.111 e. The summed E-state index contributed by atoms with van der Waals surface area (Å²) in [5.41, 5.74) is -0.209. The van der Waals surface area contributed by atoms with Gasteiger partial charge in [0.05, 0.1) is 5.50 Å². The van der Waals surface area contributed by atoms with Gasteiger partial charge < -0.3 is 0 Å². The molecule has 0 bridgehead atoms. The first-order valence-electron chi connectivity index (χ1n) is 2.64.